The van der Waals surface area contributed by atoms with Crippen LogP contribution in [-0.4, -0.2) is 22.5 Å². The fourth-order valence-electron chi connectivity index (χ4n) is 2.57. The molecule has 0 aromatic carbocycles. The van der Waals surface area contributed by atoms with Crippen LogP contribution in [-0.2, 0) is 0 Å². The topological polar surface area (TPSA) is 3.24 Å². The van der Waals surface area contributed by atoms with Crippen molar-refractivity contribution in [3.63, 3.8) is 0 Å². The van der Waals surface area contributed by atoms with Crippen LogP contribution >= 0.6 is 0 Å². The molecule has 1 aliphatic rings. The summed E-state index contributed by atoms with van der Waals surface area (Å²) in [4.78, 5) is 2.67. The lowest BCUT2D eigenvalue weighted by atomic mass is 9.76. The Morgan fingerprint density at radius 1 is 1.17 bits per heavy atom. The van der Waals surface area contributed by atoms with Gasteiger partial charge in [-0.05, 0) is 40.0 Å². The second-order valence-electron chi connectivity index (χ2n) is 5.00. The molecule has 1 rings (SSSR count). The molecule has 0 unspecified atom stereocenters. The van der Waals surface area contributed by atoms with E-state index >= 15 is 0 Å². The molecule has 1 heteroatoms. The summed E-state index contributed by atoms with van der Waals surface area (Å²) in [6.07, 6.45) is 4.01. The zero-order chi connectivity index (χ0) is 9.41. The molecule has 0 bridgehead atoms. The molecule has 1 nitrogen and oxygen atoms in total. The van der Waals surface area contributed by atoms with E-state index in [1.165, 1.54) is 25.8 Å². The molecule has 0 aromatic heterocycles. The van der Waals surface area contributed by atoms with Crippen molar-refractivity contribution in [3.8, 4) is 0 Å². The minimum absolute atomic E-state index is 0.365. The van der Waals surface area contributed by atoms with E-state index in [2.05, 4.69) is 39.5 Å². The van der Waals surface area contributed by atoms with Gasteiger partial charge in [-0.25, -0.2) is 0 Å². The maximum absolute atomic E-state index is 2.67. The standard InChI is InChI=1S/C11H23N/c1-6-11(7-2)8-9-12(11)10(3,4)5/h6-9H2,1-5H3. The fourth-order valence-corrected chi connectivity index (χ4v) is 2.57. The summed E-state index contributed by atoms with van der Waals surface area (Å²) >= 11 is 0. The minimum Gasteiger partial charge on any atom is -0.293 e. The van der Waals surface area contributed by atoms with E-state index in [-0.39, 0.29) is 0 Å². The van der Waals surface area contributed by atoms with Gasteiger partial charge in [0.15, 0.2) is 0 Å². The first-order chi connectivity index (χ1) is 5.46. The van der Waals surface area contributed by atoms with Crippen LogP contribution in [0.5, 0.6) is 0 Å². The molecule has 0 aliphatic carbocycles. The van der Waals surface area contributed by atoms with Crippen molar-refractivity contribution in [2.75, 3.05) is 6.54 Å². The van der Waals surface area contributed by atoms with Crippen molar-refractivity contribution in [3.05, 3.63) is 0 Å². The molecule has 0 atom stereocenters. The van der Waals surface area contributed by atoms with Gasteiger partial charge in [-0.1, -0.05) is 13.8 Å². The van der Waals surface area contributed by atoms with Gasteiger partial charge in [0.05, 0.1) is 0 Å². The van der Waals surface area contributed by atoms with E-state index in [1.807, 2.05) is 0 Å². The second-order valence-corrected chi connectivity index (χ2v) is 5.00. The predicted octanol–water partition coefficient (Wildman–Crippen LogP) is 3.05. The van der Waals surface area contributed by atoms with E-state index in [1.54, 1.807) is 0 Å². The maximum atomic E-state index is 2.67. The zero-order valence-electron chi connectivity index (χ0n) is 9.28. The molecule has 0 radical (unpaired) electrons. The Morgan fingerprint density at radius 2 is 1.67 bits per heavy atom. The summed E-state index contributed by atoms with van der Waals surface area (Å²) < 4.78 is 0. The van der Waals surface area contributed by atoms with Crippen molar-refractivity contribution in [1.29, 1.82) is 0 Å². The molecular formula is C11H23N. The second kappa shape index (κ2) is 3.02. The first-order valence-corrected chi connectivity index (χ1v) is 5.24. The van der Waals surface area contributed by atoms with Crippen molar-refractivity contribution in [1.82, 2.24) is 4.90 Å². The third kappa shape index (κ3) is 1.39. The van der Waals surface area contributed by atoms with Gasteiger partial charge in [-0.2, -0.15) is 0 Å². The van der Waals surface area contributed by atoms with Crippen molar-refractivity contribution < 1.29 is 0 Å². The summed E-state index contributed by atoms with van der Waals surface area (Å²) in [6.45, 7) is 12.9. The largest absolute Gasteiger partial charge is 0.293 e. The molecule has 12 heavy (non-hydrogen) atoms. The highest BCUT2D eigenvalue weighted by molar-refractivity contribution is 5.02. The number of rotatable bonds is 2. The monoisotopic (exact) mass is 169 g/mol. The smallest absolute Gasteiger partial charge is 0.0221 e. The summed E-state index contributed by atoms with van der Waals surface area (Å²) in [5.41, 5.74) is 0.905. The summed E-state index contributed by atoms with van der Waals surface area (Å²) in [5, 5.41) is 0. The normalized spacial score (nSPS) is 23.8. The van der Waals surface area contributed by atoms with Gasteiger partial charge in [0.2, 0.25) is 0 Å². The highest BCUT2D eigenvalue weighted by Crippen LogP contribution is 2.41. The predicted molar refractivity (Wildman–Crippen MR) is 54.4 cm³/mol. The molecule has 1 heterocycles. The molecule has 1 fully saturated rings. The van der Waals surface area contributed by atoms with Crippen LogP contribution in [0.15, 0.2) is 0 Å². The first-order valence-electron chi connectivity index (χ1n) is 5.24. The Hall–Kier alpha value is -0.0400. The highest BCUT2D eigenvalue weighted by Gasteiger charge is 2.46. The van der Waals surface area contributed by atoms with Crippen molar-refractivity contribution >= 4 is 0 Å². The van der Waals surface area contributed by atoms with Crippen molar-refractivity contribution in [2.45, 2.75) is 65.0 Å². The Kier molecular flexibility index (Phi) is 2.53. The van der Waals surface area contributed by atoms with Crippen LogP contribution in [0.3, 0.4) is 0 Å². The molecule has 72 valence electrons. The van der Waals surface area contributed by atoms with Gasteiger partial charge in [-0.15, -0.1) is 0 Å². The van der Waals surface area contributed by atoms with E-state index < -0.39 is 0 Å². The van der Waals surface area contributed by atoms with E-state index in [0.717, 1.165) is 0 Å². The average molecular weight is 169 g/mol. The Morgan fingerprint density at radius 3 is 1.75 bits per heavy atom. The fraction of sp³-hybridized carbons (Fsp3) is 1.00. The summed E-state index contributed by atoms with van der Waals surface area (Å²) in [7, 11) is 0. The lowest BCUT2D eigenvalue weighted by Crippen LogP contribution is -2.65. The van der Waals surface area contributed by atoms with Gasteiger partial charge in [0.25, 0.3) is 0 Å². The molecule has 0 spiro atoms. The molecule has 0 N–H and O–H groups in total. The highest BCUT2D eigenvalue weighted by atomic mass is 15.3. The number of likely N-dealkylation sites (tertiary alicyclic amines) is 1. The SMILES string of the molecule is CCC1(CC)CCN1C(C)(C)C. The lowest BCUT2D eigenvalue weighted by Gasteiger charge is -2.59. The van der Waals surface area contributed by atoms with Crippen LogP contribution in [0.1, 0.15) is 53.9 Å². The zero-order valence-corrected chi connectivity index (χ0v) is 9.28. The first kappa shape index (κ1) is 10.0. The Balaban J connectivity index is 2.69. The van der Waals surface area contributed by atoms with Crippen LogP contribution in [0, 0.1) is 0 Å². The van der Waals surface area contributed by atoms with E-state index in [9.17, 15) is 0 Å². The Labute approximate surface area is 77.1 Å². The lowest BCUT2D eigenvalue weighted by molar-refractivity contribution is -0.0851. The number of hydrogen-bond donors (Lipinski definition) is 0. The van der Waals surface area contributed by atoms with Crippen LogP contribution in [0.2, 0.25) is 0 Å². The quantitative estimate of drug-likeness (QED) is 0.614. The summed E-state index contributed by atoms with van der Waals surface area (Å²) in [5.74, 6) is 0. The van der Waals surface area contributed by atoms with Gasteiger partial charge >= 0.3 is 0 Å². The van der Waals surface area contributed by atoms with E-state index in [0.29, 0.717) is 11.1 Å². The molecule has 1 saturated heterocycles. The molecule has 0 saturated carbocycles. The van der Waals surface area contributed by atoms with Crippen LogP contribution in [0.25, 0.3) is 0 Å². The third-order valence-electron chi connectivity index (χ3n) is 3.50. The third-order valence-corrected chi connectivity index (χ3v) is 3.50. The summed E-state index contributed by atoms with van der Waals surface area (Å²) in [6, 6.07) is 0. The Bertz CT molecular complexity index is 145. The van der Waals surface area contributed by atoms with Crippen molar-refractivity contribution in [2.24, 2.45) is 0 Å². The average Bonchev–Trinajstić information content (AvgIpc) is 1.85. The molecular weight excluding hydrogens is 146 g/mol. The number of hydrogen-bond acceptors (Lipinski definition) is 1. The molecule has 0 amide bonds. The van der Waals surface area contributed by atoms with Gasteiger partial charge < -0.3 is 0 Å². The molecule has 1 aliphatic heterocycles. The van der Waals surface area contributed by atoms with Gasteiger partial charge in [0, 0.05) is 17.6 Å². The maximum Gasteiger partial charge on any atom is 0.0221 e. The van der Waals surface area contributed by atoms with Crippen LogP contribution < -0.4 is 0 Å². The van der Waals surface area contributed by atoms with Gasteiger partial charge in [-0.3, -0.25) is 4.90 Å². The molecule has 0 aromatic rings. The van der Waals surface area contributed by atoms with Crippen LogP contribution in [0.4, 0.5) is 0 Å². The number of nitrogens with zero attached hydrogens (tertiary/aromatic N) is 1. The minimum atomic E-state index is 0.365. The van der Waals surface area contributed by atoms with Gasteiger partial charge in [0.1, 0.15) is 0 Å². The van der Waals surface area contributed by atoms with E-state index in [4.69, 9.17) is 0 Å².